The Kier molecular flexibility index (Phi) is 3.75. The number of aromatic nitrogens is 2. The van der Waals surface area contributed by atoms with Crippen LogP contribution in [-0.2, 0) is 4.74 Å². The summed E-state index contributed by atoms with van der Waals surface area (Å²) in [4.78, 5) is 5.01. The van der Waals surface area contributed by atoms with Gasteiger partial charge in [0, 0.05) is 7.11 Å². The first kappa shape index (κ1) is 12.7. The Labute approximate surface area is 109 Å². The van der Waals surface area contributed by atoms with Crippen molar-refractivity contribution in [3.8, 4) is 16.8 Å². The lowest BCUT2D eigenvalue weighted by Gasteiger charge is -2.14. The van der Waals surface area contributed by atoms with Crippen molar-refractivity contribution in [2.45, 2.75) is 20.0 Å². The lowest BCUT2D eigenvalue weighted by atomic mass is 10.1. The number of hydrogen-bond donors (Lipinski definition) is 0. The third-order valence-electron chi connectivity index (χ3n) is 2.54. The van der Waals surface area contributed by atoms with E-state index in [4.69, 9.17) is 14.5 Å². The Morgan fingerprint density at radius 2 is 2.28 bits per heavy atom. The summed E-state index contributed by atoms with van der Waals surface area (Å²) in [6.07, 6.45) is -0.201. The maximum absolute atomic E-state index is 8.96. The van der Waals surface area contributed by atoms with Crippen molar-refractivity contribution < 1.29 is 9.26 Å². The van der Waals surface area contributed by atoms with Crippen molar-refractivity contribution in [2.75, 3.05) is 7.11 Å². The van der Waals surface area contributed by atoms with Crippen molar-refractivity contribution in [3.05, 3.63) is 22.8 Å². The van der Waals surface area contributed by atoms with Crippen LogP contribution in [0.1, 0.15) is 31.3 Å². The molecule has 0 amide bonds. The van der Waals surface area contributed by atoms with Crippen LogP contribution in [0, 0.1) is 17.2 Å². The van der Waals surface area contributed by atoms with Gasteiger partial charge in [0.15, 0.2) is 0 Å². The summed E-state index contributed by atoms with van der Waals surface area (Å²) in [6, 6.07) is 3.84. The minimum Gasteiger partial charge on any atom is -0.373 e. The van der Waals surface area contributed by atoms with Crippen molar-refractivity contribution in [2.24, 2.45) is 5.92 Å². The predicted octanol–water partition coefficient (Wildman–Crippen LogP) is 3.01. The van der Waals surface area contributed by atoms with Gasteiger partial charge in [-0.25, -0.2) is 0 Å². The second-order valence-electron chi connectivity index (χ2n) is 4.13. The highest BCUT2D eigenvalue weighted by molar-refractivity contribution is 7.13. The van der Waals surface area contributed by atoms with Crippen LogP contribution in [0.3, 0.4) is 0 Å². The van der Waals surface area contributed by atoms with Crippen molar-refractivity contribution >= 4 is 11.3 Å². The van der Waals surface area contributed by atoms with Gasteiger partial charge in [-0.2, -0.15) is 10.2 Å². The van der Waals surface area contributed by atoms with Gasteiger partial charge in [-0.15, -0.1) is 11.3 Å². The summed E-state index contributed by atoms with van der Waals surface area (Å²) in [7, 11) is 1.62. The standard InChI is InChI=1S/C12H13N3O2S/c1-7(2)9(16-3)11-14-12(17-15-11)10-8(6-13)4-5-18-10/h4-5,7,9H,1-3H3. The van der Waals surface area contributed by atoms with Crippen LogP contribution < -0.4 is 0 Å². The van der Waals surface area contributed by atoms with Crippen LogP contribution in [0.25, 0.3) is 10.8 Å². The Morgan fingerprint density at radius 3 is 2.89 bits per heavy atom. The Balaban J connectivity index is 2.34. The van der Waals surface area contributed by atoms with Crippen LogP contribution in [0.4, 0.5) is 0 Å². The molecule has 0 fully saturated rings. The fourth-order valence-electron chi connectivity index (χ4n) is 1.68. The molecule has 0 aliphatic rings. The lowest BCUT2D eigenvalue weighted by Crippen LogP contribution is -2.10. The number of thiophene rings is 1. The normalized spacial score (nSPS) is 12.6. The zero-order chi connectivity index (χ0) is 13.1. The molecule has 94 valence electrons. The molecule has 0 bridgehead atoms. The number of methoxy groups -OCH3 is 1. The molecule has 0 spiro atoms. The average Bonchev–Trinajstić information content (AvgIpc) is 2.96. The Morgan fingerprint density at radius 1 is 1.50 bits per heavy atom. The maximum Gasteiger partial charge on any atom is 0.269 e. The summed E-state index contributed by atoms with van der Waals surface area (Å²) < 4.78 is 10.5. The van der Waals surface area contributed by atoms with Crippen LogP contribution in [-0.4, -0.2) is 17.3 Å². The smallest absolute Gasteiger partial charge is 0.269 e. The van der Waals surface area contributed by atoms with E-state index >= 15 is 0 Å². The average molecular weight is 263 g/mol. The highest BCUT2D eigenvalue weighted by atomic mass is 32.1. The second-order valence-corrected chi connectivity index (χ2v) is 5.05. The van der Waals surface area contributed by atoms with Gasteiger partial charge in [-0.3, -0.25) is 0 Å². The largest absolute Gasteiger partial charge is 0.373 e. The van der Waals surface area contributed by atoms with Gasteiger partial charge in [0.1, 0.15) is 17.1 Å². The van der Waals surface area contributed by atoms with Crippen LogP contribution in [0.5, 0.6) is 0 Å². The van der Waals surface area contributed by atoms with E-state index in [2.05, 4.69) is 16.2 Å². The zero-order valence-corrected chi connectivity index (χ0v) is 11.2. The SMILES string of the molecule is COC(c1noc(-c2sccc2C#N)n1)C(C)C. The summed E-state index contributed by atoms with van der Waals surface area (Å²) >= 11 is 1.41. The fraction of sp³-hybridized carbons (Fsp3) is 0.417. The molecule has 1 unspecified atom stereocenters. The van der Waals surface area contributed by atoms with E-state index in [9.17, 15) is 0 Å². The highest BCUT2D eigenvalue weighted by Gasteiger charge is 2.23. The van der Waals surface area contributed by atoms with E-state index in [0.29, 0.717) is 22.2 Å². The molecule has 0 aliphatic carbocycles. The first-order valence-electron chi connectivity index (χ1n) is 5.51. The Bertz CT molecular complexity index is 568. The number of hydrogen-bond acceptors (Lipinski definition) is 6. The van der Waals surface area contributed by atoms with Gasteiger partial charge in [-0.05, 0) is 17.4 Å². The van der Waals surface area contributed by atoms with Crippen molar-refractivity contribution in [3.63, 3.8) is 0 Å². The molecule has 2 rings (SSSR count). The van der Waals surface area contributed by atoms with Gasteiger partial charge in [-0.1, -0.05) is 19.0 Å². The van der Waals surface area contributed by atoms with Crippen LogP contribution >= 0.6 is 11.3 Å². The predicted molar refractivity (Wildman–Crippen MR) is 66.9 cm³/mol. The minimum atomic E-state index is -0.201. The van der Waals surface area contributed by atoms with Gasteiger partial charge >= 0.3 is 0 Å². The maximum atomic E-state index is 8.96. The van der Waals surface area contributed by atoms with Gasteiger partial charge in [0.2, 0.25) is 5.82 Å². The molecule has 2 aromatic heterocycles. The molecule has 1 atom stereocenters. The minimum absolute atomic E-state index is 0.201. The zero-order valence-electron chi connectivity index (χ0n) is 10.4. The molecule has 5 nitrogen and oxygen atoms in total. The first-order valence-corrected chi connectivity index (χ1v) is 6.39. The molecule has 0 aliphatic heterocycles. The summed E-state index contributed by atoms with van der Waals surface area (Å²) in [5.41, 5.74) is 0.550. The fourth-order valence-corrected chi connectivity index (χ4v) is 2.45. The molecule has 2 aromatic rings. The van der Waals surface area contributed by atoms with Crippen LogP contribution in [0.15, 0.2) is 16.0 Å². The third-order valence-corrected chi connectivity index (χ3v) is 3.44. The van der Waals surface area contributed by atoms with E-state index in [1.165, 1.54) is 11.3 Å². The number of rotatable bonds is 4. The molecule has 6 heteroatoms. The van der Waals surface area contributed by atoms with E-state index in [1.807, 2.05) is 19.2 Å². The Hall–Kier alpha value is -1.71. The van der Waals surface area contributed by atoms with E-state index in [0.717, 1.165) is 0 Å². The second kappa shape index (κ2) is 5.29. The molecule has 0 aromatic carbocycles. The molecular weight excluding hydrogens is 250 g/mol. The lowest BCUT2D eigenvalue weighted by molar-refractivity contribution is 0.0556. The molecule has 0 saturated carbocycles. The van der Waals surface area contributed by atoms with Gasteiger partial charge < -0.3 is 9.26 Å². The quantitative estimate of drug-likeness (QED) is 0.847. The van der Waals surface area contributed by atoms with Gasteiger partial charge in [0.05, 0.1) is 5.56 Å². The van der Waals surface area contributed by atoms with Crippen molar-refractivity contribution in [1.82, 2.24) is 10.1 Å². The molecule has 2 heterocycles. The summed E-state index contributed by atoms with van der Waals surface area (Å²) in [5.74, 6) is 1.14. The number of nitriles is 1. The monoisotopic (exact) mass is 263 g/mol. The summed E-state index contributed by atoms with van der Waals surface area (Å²) in [6.45, 7) is 4.05. The van der Waals surface area contributed by atoms with Crippen LogP contribution in [0.2, 0.25) is 0 Å². The summed E-state index contributed by atoms with van der Waals surface area (Å²) in [5, 5.41) is 14.7. The molecule has 0 saturated heterocycles. The molecule has 0 N–H and O–H groups in total. The van der Waals surface area contributed by atoms with E-state index < -0.39 is 0 Å². The van der Waals surface area contributed by atoms with Crippen molar-refractivity contribution in [1.29, 1.82) is 5.26 Å². The van der Waals surface area contributed by atoms with Gasteiger partial charge in [0.25, 0.3) is 5.89 Å². The third kappa shape index (κ3) is 2.28. The highest BCUT2D eigenvalue weighted by Crippen LogP contribution is 2.30. The first-order chi connectivity index (χ1) is 8.67. The van der Waals surface area contributed by atoms with E-state index in [1.54, 1.807) is 13.2 Å². The number of ether oxygens (including phenoxy) is 1. The molecular formula is C12H13N3O2S. The number of nitrogens with zero attached hydrogens (tertiary/aromatic N) is 3. The molecule has 0 radical (unpaired) electrons. The van der Waals surface area contributed by atoms with E-state index in [-0.39, 0.29) is 12.0 Å². The topological polar surface area (TPSA) is 71.9 Å². The molecule has 18 heavy (non-hydrogen) atoms.